The molecule has 3 rings (SSSR count). The molecule has 1 spiro atoms. The van der Waals surface area contributed by atoms with Crippen molar-refractivity contribution >= 4 is 0 Å². The van der Waals surface area contributed by atoms with Crippen molar-refractivity contribution in [1.82, 2.24) is 15.2 Å². The maximum absolute atomic E-state index is 5.32. The van der Waals surface area contributed by atoms with Gasteiger partial charge in [0, 0.05) is 37.5 Å². The first-order valence-electron chi connectivity index (χ1n) is 7.14. The normalized spacial score (nSPS) is 27.3. The van der Waals surface area contributed by atoms with Gasteiger partial charge < -0.3 is 10.1 Å². The molecule has 1 aromatic rings. The lowest BCUT2D eigenvalue weighted by Crippen LogP contribution is -2.29. The quantitative estimate of drug-likeness (QED) is 0.896. The smallest absolute Gasteiger partial charge is 0.122 e. The molecule has 104 valence electrons. The van der Waals surface area contributed by atoms with Crippen molar-refractivity contribution in [2.24, 2.45) is 5.41 Å². The van der Waals surface area contributed by atoms with Crippen LogP contribution in [0.2, 0.25) is 0 Å². The molecule has 19 heavy (non-hydrogen) atoms. The second-order valence-electron chi connectivity index (χ2n) is 6.03. The number of methoxy groups -OCH3 is 1. The summed E-state index contributed by atoms with van der Waals surface area (Å²) in [5.41, 5.74) is 2.69. The van der Waals surface area contributed by atoms with E-state index < -0.39 is 0 Å². The Labute approximate surface area is 115 Å². The van der Waals surface area contributed by atoms with Crippen molar-refractivity contribution in [1.29, 1.82) is 0 Å². The molecule has 2 aliphatic heterocycles. The van der Waals surface area contributed by atoms with E-state index in [4.69, 9.17) is 4.74 Å². The maximum atomic E-state index is 5.32. The molecule has 0 radical (unpaired) electrons. The third kappa shape index (κ3) is 2.74. The van der Waals surface area contributed by atoms with Crippen molar-refractivity contribution < 1.29 is 4.74 Å². The van der Waals surface area contributed by atoms with Gasteiger partial charge in [-0.25, -0.2) is 0 Å². The van der Waals surface area contributed by atoms with Gasteiger partial charge in [0.2, 0.25) is 0 Å². The van der Waals surface area contributed by atoms with Crippen molar-refractivity contribution in [3.63, 3.8) is 0 Å². The number of nitrogens with zero attached hydrogens (tertiary/aromatic N) is 2. The van der Waals surface area contributed by atoms with Crippen LogP contribution in [0.15, 0.2) is 12.1 Å². The van der Waals surface area contributed by atoms with Gasteiger partial charge in [-0.2, -0.15) is 0 Å². The zero-order chi connectivity index (χ0) is 13.3. The fourth-order valence-electron chi connectivity index (χ4n) is 3.44. The number of likely N-dealkylation sites (tertiary alicyclic amines) is 1. The van der Waals surface area contributed by atoms with Gasteiger partial charge in [0.25, 0.3) is 0 Å². The Bertz CT molecular complexity index is 455. The number of hydrogen-bond donors (Lipinski definition) is 1. The van der Waals surface area contributed by atoms with E-state index in [0.717, 1.165) is 23.7 Å². The minimum absolute atomic E-state index is 0.536. The summed E-state index contributed by atoms with van der Waals surface area (Å²) in [7, 11) is 1.72. The number of ether oxygens (including phenoxy) is 1. The lowest BCUT2D eigenvalue weighted by Gasteiger charge is -2.22. The molecule has 1 N–H and O–H groups in total. The van der Waals surface area contributed by atoms with Crippen molar-refractivity contribution in [2.75, 3.05) is 33.3 Å². The molecule has 1 atom stereocenters. The molecule has 2 saturated heterocycles. The fraction of sp³-hybridized carbons (Fsp3) is 0.667. The first-order valence-corrected chi connectivity index (χ1v) is 7.14. The van der Waals surface area contributed by atoms with E-state index in [0.29, 0.717) is 5.41 Å². The number of rotatable bonds is 3. The third-order valence-electron chi connectivity index (χ3n) is 4.45. The van der Waals surface area contributed by atoms with E-state index in [9.17, 15) is 0 Å². The molecule has 1 unspecified atom stereocenters. The monoisotopic (exact) mass is 261 g/mol. The van der Waals surface area contributed by atoms with Gasteiger partial charge in [-0.05, 0) is 38.3 Å². The van der Waals surface area contributed by atoms with E-state index in [1.165, 1.54) is 39.0 Å². The predicted molar refractivity (Wildman–Crippen MR) is 75.3 cm³/mol. The van der Waals surface area contributed by atoms with Gasteiger partial charge in [-0.1, -0.05) is 0 Å². The molecule has 0 amide bonds. The van der Waals surface area contributed by atoms with Crippen molar-refractivity contribution in [3.05, 3.63) is 23.5 Å². The first-order chi connectivity index (χ1) is 9.19. The summed E-state index contributed by atoms with van der Waals surface area (Å²) in [5, 5.41) is 3.50. The van der Waals surface area contributed by atoms with Gasteiger partial charge in [0.15, 0.2) is 0 Å². The van der Waals surface area contributed by atoms with Crippen LogP contribution in [0.3, 0.4) is 0 Å². The van der Waals surface area contributed by atoms with Crippen LogP contribution in [-0.2, 0) is 6.54 Å². The van der Waals surface area contributed by atoms with Gasteiger partial charge in [0.1, 0.15) is 5.75 Å². The zero-order valence-corrected chi connectivity index (χ0v) is 11.9. The van der Waals surface area contributed by atoms with Gasteiger partial charge in [0.05, 0.1) is 12.8 Å². The highest BCUT2D eigenvalue weighted by Gasteiger charge is 2.40. The van der Waals surface area contributed by atoms with E-state index in [-0.39, 0.29) is 0 Å². The largest absolute Gasteiger partial charge is 0.497 e. The number of nitrogens with one attached hydrogen (secondary N) is 1. The van der Waals surface area contributed by atoms with E-state index in [2.05, 4.69) is 21.3 Å². The maximum Gasteiger partial charge on any atom is 0.122 e. The average molecular weight is 261 g/mol. The highest BCUT2D eigenvalue weighted by atomic mass is 16.5. The second-order valence-corrected chi connectivity index (χ2v) is 6.03. The summed E-state index contributed by atoms with van der Waals surface area (Å²) in [5.74, 6) is 0.916. The molecule has 3 heterocycles. The lowest BCUT2D eigenvalue weighted by molar-refractivity contribution is 0.266. The van der Waals surface area contributed by atoms with Crippen LogP contribution < -0.4 is 10.1 Å². The number of pyridine rings is 1. The number of hydrogen-bond acceptors (Lipinski definition) is 4. The molecule has 2 aliphatic rings. The average Bonchev–Trinajstić information content (AvgIpc) is 3.00. The summed E-state index contributed by atoms with van der Waals surface area (Å²) >= 11 is 0. The Balaban J connectivity index is 1.67. The standard InChI is InChI=1S/C15H23N3O/c1-12-7-14(19-2)8-13(17-12)9-18-6-4-15(11-18)3-5-16-10-15/h7-8,16H,3-6,9-11H2,1-2H3. The van der Waals surface area contributed by atoms with E-state index in [1.54, 1.807) is 7.11 Å². The summed E-state index contributed by atoms with van der Waals surface area (Å²) in [4.78, 5) is 7.16. The highest BCUT2D eigenvalue weighted by Crippen LogP contribution is 2.36. The highest BCUT2D eigenvalue weighted by molar-refractivity contribution is 5.26. The SMILES string of the molecule is COc1cc(C)nc(CN2CCC3(CCNC3)C2)c1. The minimum atomic E-state index is 0.536. The molecule has 0 aromatic carbocycles. The van der Waals surface area contributed by atoms with Crippen LogP contribution in [-0.4, -0.2) is 43.2 Å². The summed E-state index contributed by atoms with van der Waals surface area (Å²) in [6.45, 7) is 7.74. The Hall–Kier alpha value is -1.13. The Kier molecular flexibility index (Phi) is 3.46. The van der Waals surface area contributed by atoms with Crippen LogP contribution in [0.5, 0.6) is 5.75 Å². The van der Waals surface area contributed by atoms with Crippen LogP contribution in [0.25, 0.3) is 0 Å². The molecule has 4 heteroatoms. The van der Waals surface area contributed by atoms with Gasteiger partial charge in [-0.3, -0.25) is 9.88 Å². The van der Waals surface area contributed by atoms with Gasteiger partial charge in [-0.15, -0.1) is 0 Å². The summed E-state index contributed by atoms with van der Waals surface area (Å²) in [6.07, 6.45) is 2.65. The molecular formula is C15H23N3O. The summed E-state index contributed by atoms with van der Waals surface area (Å²) < 4.78 is 5.32. The topological polar surface area (TPSA) is 37.4 Å². The Morgan fingerprint density at radius 3 is 3.05 bits per heavy atom. The summed E-state index contributed by atoms with van der Waals surface area (Å²) in [6, 6.07) is 4.04. The molecule has 0 bridgehead atoms. The molecular weight excluding hydrogens is 238 g/mol. The number of aryl methyl sites for hydroxylation is 1. The zero-order valence-electron chi connectivity index (χ0n) is 11.9. The molecule has 0 saturated carbocycles. The number of aromatic nitrogens is 1. The third-order valence-corrected chi connectivity index (χ3v) is 4.45. The first kappa shape index (κ1) is 12.9. The van der Waals surface area contributed by atoms with E-state index in [1.807, 2.05) is 13.0 Å². The molecule has 0 aliphatic carbocycles. The van der Waals surface area contributed by atoms with Gasteiger partial charge >= 0.3 is 0 Å². The molecule has 2 fully saturated rings. The van der Waals surface area contributed by atoms with Crippen LogP contribution in [0, 0.1) is 12.3 Å². The van der Waals surface area contributed by atoms with Crippen molar-refractivity contribution in [2.45, 2.75) is 26.3 Å². The fourth-order valence-corrected chi connectivity index (χ4v) is 3.44. The van der Waals surface area contributed by atoms with Crippen LogP contribution >= 0.6 is 0 Å². The van der Waals surface area contributed by atoms with Crippen LogP contribution in [0.1, 0.15) is 24.2 Å². The predicted octanol–water partition coefficient (Wildman–Crippen LogP) is 1.58. The van der Waals surface area contributed by atoms with Crippen LogP contribution in [0.4, 0.5) is 0 Å². The molecule has 4 nitrogen and oxygen atoms in total. The Morgan fingerprint density at radius 1 is 1.42 bits per heavy atom. The minimum Gasteiger partial charge on any atom is -0.497 e. The van der Waals surface area contributed by atoms with Crippen molar-refractivity contribution in [3.8, 4) is 5.75 Å². The lowest BCUT2D eigenvalue weighted by atomic mass is 9.87. The van der Waals surface area contributed by atoms with E-state index >= 15 is 0 Å². The molecule has 1 aromatic heterocycles. The Morgan fingerprint density at radius 2 is 2.32 bits per heavy atom. The second kappa shape index (κ2) is 5.10.